The number of likely N-dealkylation sites (tertiary alicyclic amines) is 1. The van der Waals surface area contributed by atoms with Gasteiger partial charge in [0.15, 0.2) is 0 Å². The highest BCUT2D eigenvalue weighted by atomic mass is 19.4. The lowest BCUT2D eigenvalue weighted by atomic mass is 9.86. The number of halogens is 5. The van der Waals surface area contributed by atoms with Gasteiger partial charge in [0.05, 0.1) is 51.8 Å². The number of carboxylic acids is 1. The minimum absolute atomic E-state index is 0.0503. The van der Waals surface area contributed by atoms with E-state index in [2.05, 4.69) is 26.3 Å². The highest BCUT2D eigenvalue weighted by molar-refractivity contribution is 5.84. The van der Waals surface area contributed by atoms with Crippen LogP contribution in [-0.2, 0) is 20.9 Å². The first-order valence-corrected chi connectivity index (χ1v) is 24.0. The molecule has 0 aromatic heterocycles. The number of nitrogens with one attached hydrogen (secondary N) is 1. The summed E-state index contributed by atoms with van der Waals surface area (Å²) < 4.78 is 60.1. The van der Waals surface area contributed by atoms with Crippen molar-refractivity contribution >= 4 is 17.8 Å². The lowest BCUT2D eigenvalue weighted by molar-refractivity contribution is -0.890. The van der Waals surface area contributed by atoms with Gasteiger partial charge in [0.1, 0.15) is 17.6 Å². The number of quaternary nitrogens is 1. The molecule has 4 rings (SSSR count). The number of amides is 2. The lowest BCUT2D eigenvalue weighted by Crippen LogP contribution is -2.48. The number of aliphatic hydroxyl groups is 1. The van der Waals surface area contributed by atoms with Crippen LogP contribution in [0.25, 0.3) is 0 Å². The number of benzene rings is 3. The number of β-lactam (4-membered cyclic amide) rings is 1. The third-order valence-corrected chi connectivity index (χ3v) is 12.4. The summed E-state index contributed by atoms with van der Waals surface area (Å²) in [6.45, 7) is 5.31. The zero-order valence-corrected chi connectivity index (χ0v) is 39.0. The fourth-order valence-corrected chi connectivity index (χ4v) is 8.40. The van der Waals surface area contributed by atoms with E-state index in [1.54, 1.807) is 17.0 Å². The van der Waals surface area contributed by atoms with Crippen molar-refractivity contribution in [1.29, 1.82) is 0 Å². The Bertz CT molecular complexity index is 1810. The number of hydrogen-bond donors (Lipinski definition) is 2. The first kappa shape index (κ1) is 55.0. The molecule has 0 saturated carbocycles. The van der Waals surface area contributed by atoms with Gasteiger partial charge in [0, 0.05) is 19.4 Å². The van der Waals surface area contributed by atoms with E-state index in [1.807, 2.05) is 24.3 Å². The van der Waals surface area contributed by atoms with Crippen LogP contribution in [0.15, 0.2) is 72.8 Å². The van der Waals surface area contributed by atoms with Gasteiger partial charge in [0.25, 0.3) is 0 Å². The molecule has 1 aliphatic rings. The number of carbonyl (C=O) groups is 3. The average molecular weight is 916 g/mol. The molecule has 1 heterocycles. The topological polar surface area (TPSA) is 110 Å². The molecule has 0 spiro atoms. The summed E-state index contributed by atoms with van der Waals surface area (Å²) in [7, 11) is 4.80. The zero-order valence-electron chi connectivity index (χ0n) is 39.0. The van der Waals surface area contributed by atoms with Crippen LogP contribution in [0, 0.1) is 11.6 Å². The van der Waals surface area contributed by atoms with Crippen molar-refractivity contribution in [2.75, 3.05) is 27.2 Å². The lowest BCUT2D eigenvalue weighted by Gasteiger charge is -2.47. The van der Waals surface area contributed by atoms with E-state index in [9.17, 15) is 36.6 Å². The molecule has 65 heavy (non-hydrogen) atoms. The Balaban J connectivity index is 0.00000148. The van der Waals surface area contributed by atoms with E-state index >= 15 is 0 Å². The molecule has 1 saturated heterocycles. The van der Waals surface area contributed by atoms with Crippen LogP contribution >= 0.6 is 0 Å². The number of nitrogens with zero attached hydrogens (tertiary/aromatic N) is 2. The van der Waals surface area contributed by atoms with Gasteiger partial charge in [-0.15, -0.1) is 0 Å². The Labute approximate surface area is 384 Å². The van der Waals surface area contributed by atoms with Crippen LogP contribution in [0.3, 0.4) is 0 Å². The second kappa shape index (κ2) is 29.3. The highest BCUT2D eigenvalue weighted by Gasteiger charge is 2.43. The first-order chi connectivity index (χ1) is 31.0. The van der Waals surface area contributed by atoms with Gasteiger partial charge in [0.2, 0.25) is 11.8 Å². The quantitative estimate of drug-likeness (QED) is 0.0300. The summed E-state index contributed by atoms with van der Waals surface area (Å²) in [6, 6.07) is 18.9. The van der Waals surface area contributed by atoms with E-state index in [-0.39, 0.29) is 30.1 Å². The molecule has 3 aromatic rings. The Hall–Kier alpha value is -4.36. The largest absolute Gasteiger partial charge is 0.542 e. The number of carbonyl (C=O) groups excluding carboxylic acids is 3. The molecule has 0 bridgehead atoms. The van der Waals surface area contributed by atoms with Gasteiger partial charge in [-0.2, -0.15) is 13.2 Å². The van der Waals surface area contributed by atoms with E-state index in [0.717, 1.165) is 34.0 Å². The molecular formula is C52H74F5N3O5. The Kier molecular flexibility index (Phi) is 24.8. The van der Waals surface area contributed by atoms with Crippen molar-refractivity contribution in [1.82, 2.24) is 10.2 Å². The number of alkyl halides is 3. The van der Waals surface area contributed by atoms with Gasteiger partial charge in [-0.25, -0.2) is 8.78 Å². The number of rotatable bonds is 30. The summed E-state index contributed by atoms with van der Waals surface area (Å²) in [5.41, 5.74) is 3.21. The second-order valence-corrected chi connectivity index (χ2v) is 18.3. The number of carboxylic acid groups (broad SMARTS) is 1. The molecule has 3 atom stereocenters. The van der Waals surface area contributed by atoms with Crippen molar-refractivity contribution in [3.05, 3.63) is 107 Å². The van der Waals surface area contributed by atoms with Crippen LogP contribution in [0.5, 0.6) is 0 Å². The summed E-state index contributed by atoms with van der Waals surface area (Å²) in [5, 5.41) is 22.9. The molecule has 1 fully saturated rings. The van der Waals surface area contributed by atoms with Crippen molar-refractivity contribution in [3.8, 4) is 0 Å². The van der Waals surface area contributed by atoms with Crippen LogP contribution in [0.1, 0.15) is 182 Å². The molecule has 2 amide bonds. The molecule has 3 unspecified atom stereocenters. The fraction of sp³-hybridized carbons (Fsp3) is 0.596. The Morgan fingerprint density at radius 2 is 1.14 bits per heavy atom. The van der Waals surface area contributed by atoms with E-state index in [0.29, 0.717) is 24.9 Å². The number of aliphatic carboxylic acids is 1. The Morgan fingerprint density at radius 1 is 0.708 bits per heavy atom. The molecule has 362 valence electrons. The van der Waals surface area contributed by atoms with Crippen molar-refractivity contribution in [2.24, 2.45) is 0 Å². The van der Waals surface area contributed by atoms with Crippen LogP contribution < -0.4 is 10.4 Å². The third-order valence-electron chi connectivity index (χ3n) is 12.4. The summed E-state index contributed by atoms with van der Waals surface area (Å²) in [5.74, 6) is -3.76. The number of hydrogen-bond acceptors (Lipinski definition) is 5. The first-order valence-electron chi connectivity index (χ1n) is 24.0. The molecule has 3 aromatic carbocycles. The molecule has 1 aliphatic heterocycles. The molecule has 0 radical (unpaired) electrons. The summed E-state index contributed by atoms with van der Waals surface area (Å²) in [4.78, 5) is 36.2. The molecule has 0 aliphatic carbocycles. The smallest absolute Gasteiger partial charge is 0.430 e. The normalized spacial score (nSPS) is 14.9. The zero-order chi connectivity index (χ0) is 47.7. The number of unbranched alkanes of at least 4 members (excludes halogenated alkanes) is 16. The standard InChI is InChI=1S/C50H73F2N3O3.C2HF3O2/c1-4-5-6-7-8-9-11-14-17-20-35-55(2,3)36-21-18-15-12-10-13-16-19-22-49(57)53-39-40-23-25-41(26-24-40)47-38-50(58)54(47)46(42-27-31-44(51)32-28-42)37-48(56)43-29-33-45(52)34-30-43;3-2(4,5)1(6)7/h23-34,46-48,56H,4-22,35-39H2,1-3H3;(H,6,7). The van der Waals surface area contributed by atoms with Crippen LogP contribution in [0.2, 0.25) is 0 Å². The van der Waals surface area contributed by atoms with Gasteiger partial charge in [-0.1, -0.05) is 139 Å². The monoisotopic (exact) mass is 916 g/mol. The number of aliphatic hydroxyl groups excluding tert-OH is 1. The predicted octanol–water partition coefficient (Wildman–Crippen LogP) is 11.5. The van der Waals surface area contributed by atoms with E-state index in [1.165, 1.54) is 152 Å². The second-order valence-electron chi connectivity index (χ2n) is 18.3. The Morgan fingerprint density at radius 3 is 1.58 bits per heavy atom. The van der Waals surface area contributed by atoms with Gasteiger partial charge in [-0.3, -0.25) is 9.59 Å². The fourth-order valence-electron chi connectivity index (χ4n) is 8.40. The molecule has 13 heteroatoms. The summed E-state index contributed by atoms with van der Waals surface area (Å²) >= 11 is 0. The maximum atomic E-state index is 13.8. The minimum Gasteiger partial charge on any atom is -0.542 e. The van der Waals surface area contributed by atoms with Crippen molar-refractivity contribution < 1.29 is 51.0 Å². The van der Waals surface area contributed by atoms with Gasteiger partial charge < -0.3 is 29.7 Å². The minimum atomic E-state index is -5.19. The van der Waals surface area contributed by atoms with Crippen LogP contribution in [-0.4, -0.2) is 65.6 Å². The van der Waals surface area contributed by atoms with Crippen molar-refractivity contribution in [2.45, 2.75) is 173 Å². The van der Waals surface area contributed by atoms with E-state index < -0.39 is 30.1 Å². The van der Waals surface area contributed by atoms with E-state index in [4.69, 9.17) is 9.90 Å². The SMILES string of the molecule is CCCCCCCCCCCC[N+](C)(C)CCCCCCCCCCC(=O)NCc1ccc(C2CC(=O)N2C(CC(O)c2ccc(F)cc2)c2ccc(F)cc2)cc1.O=C([O-])C(F)(F)F. The van der Waals surface area contributed by atoms with Crippen LogP contribution in [0.4, 0.5) is 22.0 Å². The highest BCUT2D eigenvalue weighted by Crippen LogP contribution is 2.45. The summed E-state index contributed by atoms with van der Waals surface area (Å²) in [6.07, 6.45) is 18.5. The maximum absolute atomic E-state index is 13.8. The molecule has 2 N–H and O–H groups in total. The van der Waals surface area contributed by atoms with Gasteiger partial charge in [-0.05, 0) is 78.6 Å². The predicted molar refractivity (Wildman–Crippen MR) is 244 cm³/mol. The average Bonchev–Trinajstić information content (AvgIpc) is 3.26. The maximum Gasteiger partial charge on any atom is 0.430 e. The molecular weight excluding hydrogens is 842 g/mol. The van der Waals surface area contributed by atoms with Gasteiger partial charge >= 0.3 is 6.18 Å². The molecule has 8 nitrogen and oxygen atoms in total. The van der Waals surface area contributed by atoms with Crippen molar-refractivity contribution in [3.63, 3.8) is 0 Å². The third kappa shape index (κ3) is 21.7.